The van der Waals surface area contributed by atoms with Crippen molar-refractivity contribution in [2.24, 2.45) is 0 Å². The number of hydrogen-bond donors (Lipinski definition) is 1. The molecule has 8 heteroatoms. The zero-order valence-electron chi connectivity index (χ0n) is 14.7. The van der Waals surface area contributed by atoms with E-state index in [4.69, 9.17) is 21.1 Å². The van der Waals surface area contributed by atoms with Gasteiger partial charge in [-0.3, -0.25) is 9.59 Å². The summed E-state index contributed by atoms with van der Waals surface area (Å²) < 4.78 is 11.1. The number of amides is 2. The summed E-state index contributed by atoms with van der Waals surface area (Å²) in [6, 6.07) is 7.96. The second kappa shape index (κ2) is 8.42. The molecule has 0 aliphatic rings. The van der Waals surface area contributed by atoms with E-state index < -0.39 is 5.91 Å². The van der Waals surface area contributed by atoms with Crippen LogP contribution in [-0.2, 0) is 0 Å². The lowest BCUT2D eigenvalue weighted by Crippen LogP contribution is -2.24. The van der Waals surface area contributed by atoms with Crippen LogP contribution in [-0.4, -0.2) is 45.0 Å². The molecule has 1 N–H and O–H groups in total. The summed E-state index contributed by atoms with van der Waals surface area (Å²) in [4.78, 5) is 26.6. The van der Waals surface area contributed by atoms with Crippen molar-refractivity contribution in [2.45, 2.75) is 0 Å². The highest BCUT2D eigenvalue weighted by atomic mass is 79.9. The summed E-state index contributed by atoms with van der Waals surface area (Å²) in [5, 5.41) is 3.17. The number of nitrogens with one attached hydrogen (secondary N) is 1. The zero-order chi connectivity index (χ0) is 19.4. The van der Waals surface area contributed by atoms with Gasteiger partial charge in [0.2, 0.25) is 0 Å². The van der Waals surface area contributed by atoms with Crippen LogP contribution in [0.5, 0.6) is 11.5 Å². The van der Waals surface area contributed by atoms with Gasteiger partial charge in [0, 0.05) is 29.7 Å². The van der Waals surface area contributed by atoms with Crippen LogP contribution in [0.3, 0.4) is 0 Å². The predicted octanol–water partition coefficient (Wildman–Crippen LogP) is 4.07. The van der Waals surface area contributed by atoms with Crippen LogP contribution in [0.2, 0.25) is 5.02 Å². The minimum Gasteiger partial charge on any atom is -0.493 e. The number of rotatable bonds is 5. The summed E-state index contributed by atoms with van der Waals surface area (Å²) in [5.74, 6) is 0.0775. The van der Waals surface area contributed by atoms with Gasteiger partial charge in [0.05, 0.1) is 31.0 Å². The molecule has 0 fully saturated rings. The molecule has 0 radical (unpaired) electrons. The average molecular weight is 442 g/mol. The first kappa shape index (κ1) is 20.1. The third-order valence-corrected chi connectivity index (χ3v) is 4.51. The number of ether oxygens (including phenoxy) is 2. The number of carbonyl (C=O) groups is 2. The van der Waals surface area contributed by atoms with Gasteiger partial charge in [0.15, 0.2) is 11.5 Å². The maximum Gasteiger partial charge on any atom is 0.256 e. The summed E-state index contributed by atoms with van der Waals surface area (Å²) >= 11 is 9.30. The molecule has 0 atom stereocenters. The van der Waals surface area contributed by atoms with Gasteiger partial charge in [-0.25, -0.2) is 0 Å². The largest absolute Gasteiger partial charge is 0.493 e. The maximum atomic E-state index is 12.7. The highest BCUT2D eigenvalue weighted by Gasteiger charge is 2.21. The van der Waals surface area contributed by atoms with Crippen LogP contribution in [0.25, 0.3) is 0 Å². The normalized spacial score (nSPS) is 10.2. The SMILES string of the molecule is COc1cc(NC(=O)c2cc(Cl)ccc2Br)c(C(=O)N(C)C)cc1OC. The Hall–Kier alpha value is -2.25. The summed E-state index contributed by atoms with van der Waals surface area (Å²) in [6.45, 7) is 0. The minimum atomic E-state index is -0.417. The van der Waals surface area contributed by atoms with Gasteiger partial charge >= 0.3 is 0 Å². The molecule has 2 rings (SSSR count). The van der Waals surface area contributed by atoms with Crippen LogP contribution < -0.4 is 14.8 Å². The van der Waals surface area contributed by atoms with E-state index in [1.165, 1.54) is 31.3 Å². The molecule has 0 aliphatic carbocycles. The highest BCUT2D eigenvalue weighted by molar-refractivity contribution is 9.10. The number of halogens is 2. The van der Waals surface area contributed by atoms with E-state index in [1.54, 1.807) is 32.3 Å². The molecule has 2 aromatic carbocycles. The van der Waals surface area contributed by atoms with Gasteiger partial charge in [0.25, 0.3) is 11.8 Å². The average Bonchev–Trinajstić information content (AvgIpc) is 2.62. The lowest BCUT2D eigenvalue weighted by molar-refractivity contribution is 0.0828. The van der Waals surface area contributed by atoms with Crippen LogP contribution in [0, 0.1) is 0 Å². The molecule has 0 aliphatic heterocycles. The Morgan fingerprint density at radius 2 is 1.65 bits per heavy atom. The fourth-order valence-corrected chi connectivity index (χ4v) is 2.86. The van der Waals surface area contributed by atoms with Gasteiger partial charge in [-0.1, -0.05) is 11.6 Å². The van der Waals surface area contributed by atoms with Crippen molar-refractivity contribution < 1.29 is 19.1 Å². The van der Waals surface area contributed by atoms with E-state index in [0.717, 1.165) is 0 Å². The van der Waals surface area contributed by atoms with E-state index in [9.17, 15) is 9.59 Å². The van der Waals surface area contributed by atoms with Crippen molar-refractivity contribution in [3.8, 4) is 11.5 Å². The fourth-order valence-electron chi connectivity index (χ4n) is 2.26. The molecule has 0 heterocycles. The summed E-state index contributed by atoms with van der Waals surface area (Å²) in [7, 11) is 6.20. The first-order valence-electron chi connectivity index (χ1n) is 7.52. The van der Waals surface area contributed by atoms with Crippen LogP contribution in [0.4, 0.5) is 5.69 Å². The van der Waals surface area contributed by atoms with E-state index in [2.05, 4.69) is 21.2 Å². The van der Waals surface area contributed by atoms with Crippen molar-refractivity contribution in [3.05, 3.63) is 51.0 Å². The van der Waals surface area contributed by atoms with E-state index >= 15 is 0 Å². The van der Waals surface area contributed by atoms with Crippen LogP contribution in [0.15, 0.2) is 34.8 Å². The smallest absolute Gasteiger partial charge is 0.256 e. The Balaban J connectivity index is 2.51. The standard InChI is InChI=1S/C18H18BrClN2O4/c1-22(2)18(24)12-8-15(25-3)16(26-4)9-14(12)21-17(23)11-7-10(20)5-6-13(11)19/h5-9H,1-4H3,(H,21,23). The Kier molecular flexibility index (Phi) is 6.50. The van der Waals surface area contributed by atoms with Crippen molar-refractivity contribution in [1.82, 2.24) is 4.90 Å². The number of hydrogen-bond acceptors (Lipinski definition) is 4. The molecule has 26 heavy (non-hydrogen) atoms. The van der Waals surface area contributed by atoms with Crippen molar-refractivity contribution >= 4 is 45.0 Å². The van der Waals surface area contributed by atoms with Gasteiger partial charge < -0.3 is 19.7 Å². The number of methoxy groups -OCH3 is 2. The monoisotopic (exact) mass is 440 g/mol. The summed E-state index contributed by atoms with van der Waals surface area (Å²) in [6.07, 6.45) is 0. The van der Waals surface area contributed by atoms with E-state index in [-0.39, 0.29) is 11.5 Å². The molecule has 0 spiro atoms. The molecule has 138 valence electrons. The predicted molar refractivity (Wildman–Crippen MR) is 105 cm³/mol. The lowest BCUT2D eigenvalue weighted by atomic mass is 10.1. The van der Waals surface area contributed by atoms with Crippen LogP contribution >= 0.6 is 27.5 Å². The topological polar surface area (TPSA) is 67.9 Å². The zero-order valence-corrected chi connectivity index (χ0v) is 17.1. The molecular formula is C18H18BrClN2O4. The van der Waals surface area contributed by atoms with E-state index in [0.29, 0.717) is 32.2 Å². The molecule has 0 saturated heterocycles. The van der Waals surface area contributed by atoms with Gasteiger partial charge in [-0.15, -0.1) is 0 Å². The Morgan fingerprint density at radius 3 is 2.23 bits per heavy atom. The molecule has 2 amide bonds. The second-order valence-corrected chi connectivity index (χ2v) is 6.82. The van der Waals surface area contributed by atoms with Crippen molar-refractivity contribution in [1.29, 1.82) is 0 Å². The number of anilines is 1. The minimum absolute atomic E-state index is 0.277. The third kappa shape index (κ3) is 4.28. The Morgan fingerprint density at radius 1 is 1.04 bits per heavy atom. The first-order valence-corrected chi connectivity index (χ1v) is 8.69. The lowest BCUT2D eigenvalue weighted by Gasteiger charge is -2.18. The Labute approximate surface area is 165 Å². The second-order valence-electron chi connectivity index (χ2n) is 5.53. The van der Waals surface area contributed by atoms with Gasteiger partial charge in [-0.2, -0.15) is 0 Å². The van der Waals surface area contributed by atoms with Gasteiger partial charge in [0.1, 0.15) is 0 Å². The number of benzene rings is 2. The fraction of sp³-hybridized carbons (Fsp3) is 0.222. The molecule has 6 nitrogen and oxygen atoms in total. The molecule has 0 saturated carbocycles. The number of nitrogens with zero attached hydrogens (tertiary/aromatic N) is 1. The molecular weight excluding hydrogens is 424 g/mol. The molecule has 2 aromatic rings. The van der Waals surface area contributed by atoms with Crippen molar-refractivity contribution in [3.63, 3.8) is 0 Å². The maximum absolute atomic E-state index is 12.7. The molecule has 0 aromatic heterocycles. The quantitative estimate of drug-likeness (QED) is 0.759. The molecule has 0 bridgehead atoms. The third-order valence-electron chi connectivity index (χ3n) is 3.58. The van der Waals surface area contributed by atoms with E-state index in [1.807, 2.05) is 0 Å². The van der Waals surface area contributed by atoms with Crippen LogP contribution in [0.1, 0.15) is 20.7 Å². The van der Waals surface area contributed by atoms with Crippen molar-refractivity contribution in [2.75, 3.05) is 33.6 Å². The number of carbonyl (C=O) groups excluding carboxylic acids is 2. The highest BCUT2D eigenvalue weighted by Crippen LogP contribution is 2.34. The molecule has 0 unspecified atom stereocenters. The Bertz CT molecular complexity index is 855. The van der Waals surface area contributed by atoms with Gasteiger partial charge in [-0.05, 0) is 40.2 Å². The summed E-state index contributed by atoms with van der Waals surface area (Å²) in [5.41, 5.74) is 0.924. The first-order chi connectivity index (χ1) is 12.3.